The summed E-state index contributed by atoms with van der Waals surface area (Å²) in [5.74, 6) is -2.59. The second kappa shape index (κ2) is 3.41. The van der Waals surface area contributed by atoms with Crippen molar-refractivity contribution in [1.82, 2.24) is 10.2 Å². The van der Waals surface area contributed by atoms with Gasteiger partial charge in [0.25, 0.3) is 0 Å². The highest BCUT2D eigenvalue weighted by molar-refractivity contribution is 6.14. The van der Waals surface area contributed by atoms with Gasteiger partial charge >= 0.3 is 0 Å². The molecule has 4 aliphatic heterocycles. The molecule has 1 unspecified atom stereocenters. The van der Waals surface area contributed by atoms with Crippen LogP contribution >= 0.6 is 0 Å². The van der Waals surface area contributed by atoms with E-state index in [1.54, 1.807) is 0 Å². The summed E-state index contributed by atoms with van der Waals surface area (Å²) in [5.41, 5.74) is 0. The van der Waals surface area contributed by atoms with Crippen LogP contribution in [0, 0.1) is 11.8 Å². The monoisotopic (exact) mass is 264 g/mol. The van der Waals surface area contributed by atoms with Crippen molar-refractivity contribution in [2.24, 2.45) is 11.8 Å². The highest BCUT2D eigenvalue weighted by Crippen LogP contribution is 2.49. The molecule has 4 heterocycles. The Bertz CT molecular complexity index is 502. The topological polar surface area (TPSA) is 92.8 Å². The minimum absolute atomic E-state index is 0.119. The van der Waals surface area contributed by atoms with Gasteiger partial charge in [-0.15, -0.1) is 0 Å². The molecule has 4 amide bonds. The zero-order chi connectivity index (χ0) is 13.3. The fourth-order valence-corrected chi connectivity index (χ4v) is 3.79. The Balaban J connectivity index is 1.68. The molecule has 0 saturated carbocycles. The van der Waals surface area contributed by atoms with Crippen LogP contribution < -0.4 is 5.32 Å². The molecule has 5 atom stereocenters. The van der Waals surface area contributed by atoms with Gasteiger partial charge in [-0.2, -0.15) is 0 Å². The van der Waals surface area contributed by atoms with E-state index in [1.165, 1.54) is 0 Å². The minimum atomic E-state index is -0.961. The molecular formula is C12H12N2O5. The number of nitrogens with one attached hydrogen (secondary N) is 1. The highest BCUT2D eigenvalue weighted by Gasteiger charge is 2.64. The predicted octanol–water partition coefficient (Wildman–Crippen LogP) is -1.44. The zero-order valence-corrected chi connectivity index (χ0v) is 10.00. The first-order valence-electron chi connectivity index (χ1n) is 6.44. The summed E-state index contributed by atoms with van der Waals surface area (Å²) < 4.78 is 5.60. The third kappa shape index (κ3) is 1.25. The molecule has 0 spiro atoms. The Morgan fingerprint density at radius 1 is 1.00 bits per heavy atom. The summed E-state index contributed by atoms with van der Waals surface area (Å²) in [5, 5.41) is 2.13. The third-order valence-corrected chi connectivity index (χ3v) is 4.57. The van der Waals surface area contributed by atoms with Gasteiger partial charge in [-0.1, -0.05) is 0 Å². The average Bonchev–Trinajstić information content (AvgIpc) is 3.06. The van der Waals surface area contributed by atoms with E-state index in [0.717, 1.165) is 17.7 Å². The number of amides is 4. The van der Waals surface area contributed by atoms with E-state index < -0.39 is 29.7 Å². The summed E-state index contributed by atoms with van der Waals surface area (Å²) in [6.07, 6.45) is 1.06. The van der Waals surface area contributed by atoms with Gasteiger partial charge in [-0.25, -0.2) is 0 Å². The molecule has 4 rings (SSSR count). The van der Waals surface area contributed by atoms with Crippen molar-refractivity contribution in [3.8, 4) is 0 Å². The maximum atomic E-state index is 12.4. The van der Waals surface area contributed by atoms with Crippen LogP contribution in [-0.2, 0) is 23.9 Å². The van der Waals surface area contributed by atoms with Crippen LogP contribution in [0.25, 0.3) is 0 Å². The van der Waals surface area contributed by atoms with Gasteiger partial charge in [-0.05, 0) is 12.8 Å². The maximum absolute atomic E-state index is 12.4. The third-order valence-electron chi connectivity index (χ3n) is 4.57. The smallest absolute Gasteiger partial charge is 0.250 e. The van der Waals surface area contributed by atoms with Crippen LogP contribution in [0.15, 0.2) is 0 Å². The number of nitrogens with zero attached hydrogens (tertiary/aromatic N) is 1. The van der Waals surface area contributed by atoms with Crippen LogP contribution in [0.3, 0.4) is 0 Å². The van der Waals surface area contributed by atoms with Crippen molar-refractivity contribution >= 4 is 23.6 Å². The fraction of sp³-hybridized carbons (Fsp3) is 0.667. The van der Waals surface area contributed by atoms with Crippen molar-refractivity contribution in [1.29, 1.82) is 0 Å². The Kier molecular flexibility index (Phi) is 1.99. The molecule has 7 heteroatoms. The largest absolute Gasteiger partial charge is 0.373 e. The molecule has 0 aromatic heterocycles. The first-order chi connectivity index (χ1) is 9.08. The Morgan fingerprint density at radius 3 is 2.05 bits per heavy atom. The lowest BCUT2D eigenvalue weighted by atomic mass is 9.81. The van der Waals surface area contributed by atoms with E-state index in [2.05, 4.69) is 5.32 Å². The first-order valence-corrected chi connectivity index (χ1v) is 6.44. The number of ether oxygens (including phenoxy) is 1. The van der Waals surface area contributed by atoms with Gasteiger partial charge in [-0.3, -0.25) is 29.4 Å². The van der Waals surface area contributed by atoms with Gasteiger partial charge in [0.2, 0.25) is 23.6 Å². The molecule has 0 radical (unpaired) electrons. The van der Waals surface area contributed by atoms with E-state index in [4.69, 9.17) is 4.74 Å². The van der Waals surface area contributed by atoms with Gasteiger partial charge in [0.05, 0.1) is 30.5 Å². The number of likely N-dealkylation sites (tertiary alicyclic amines) is 1. The summed E-state index contributed by atoms with van der Waals surface area (Å²) in [4.78, 5) is 48.6. The lowest BCUT2D eigenvalue weighted by molar-refractivity contribution is -0.148. The van der Waals surface area contributed by atoms with Gasteiger partial charge in [0.15, 0.2) is 0 Å². The fourth-order valence-electron chi connectivity index (χ4n) is 3.79. The van der Waals surface area contributed by atoms with E-state index >= 15 is 0 Å². The number of hydrogen-bond donors (Lipinski definition) is 1. The normalized spacial score (nSPS) is 44.2. The van der Waals surface area contributed by atoms with Gasteiger partial charge in [0, 0.05) is 0 Å². The standard InChI is InChI=1S/C12H12N2O5/c15-7-3-4(10(16)13-7)14-11(17)8-5-1-2-6(19-5)9(8)12(14)18/h4-6,8-9H,1-3H2,(H,13,15,16)/t4?,5-,6+,8-,9+. The van der Waals surface area contributed by atoms with E-state index in [-0.39, 0.29) is 30.4 Å². The predicted molar refractivity (Wildman–Crippen MR) is 58.3 cm³/mol. The van der Waals surface area contributed by atoms with E-state index in [9.17, 15) is 19.2 Å². The Morgan fingerprint density at radius 2 is 1.58 bits per heavy atom. The van der Waals surface area contributed by atoms with E-state index in [0.29, 0.717) is 0 Å². The highest BCUT2D eigenvalue weighted by atomic mass is 16.5. The number of hydrogen-bond acceptors (Lipinski definition) is 5. The minimum Gasteiger partial charge on any atom is -0.373 e. The van der Waals surface area contributed by atoms with Crippen LogP contribution in [-0.4, -0.2) is 46.8 Å². The van der Waals surface area contributed by atoms with Crippen molar-refractivity contribution in [2.45, 2.75) is 37.5 Å². The Labute approximate surface area is 108 Å². The van der Waals surface area contributed by atoms with Crippen LogP contribution in [0.2, 0.25) is 0 Å². The summed E-state index contributed by atoms with van der Waals surface area (Å²) in [7, 11) is 0. The quantitative estimate of drug-likeness (QED) is 0.586. The molecule has 0 aromatic rings. The second-order valence-electron chi connectivity index (χ2n) is 5.52. The number of carbonyl (C=O) groups excluding carboxylic acids is 4. The van der Waals surface area contributed by atoms with Crippen molar-refractivity contribution in [3.63, 3.8) is 0 Å². The number of carbonyl (C=O) groups is 4. The van der Waals surface area contributed by atoms with Crippen LogP contribution in [0.1, 0.15) is 19.3 Å². The molecule has 4 fully saturated rings. The molecule has 2 bridgehead atoms. The lowest BCUT2D eigenvalue weighted by Gasteiger charge is -2.21. The second-order valence-corrected chi connectivity index (χ2v) is 5.52. The van der Waals surface area contributed by atoms with Crippen molar-refractivity contribution in [2.75, 3.05) is 0 Å². The van der Waals surface area contributed by atoms with Gasteiger partial charge < -0.3 is 4.74 Å². The van der Waals surface area contributed by atoms with E-state index in [1.807, 2.05) is 0 Å². The average molecular weight is 264 g/mol. The van der Waals surface area contributed by atoms with Gasteiger partial charge in [0.1, 0.15) is 6.04 Å². The summed E-state index contributed by atoms with van der Waals surface area (Å²) in [6, 6.07) is -0.961. The zero-order valence-electron chi connectivity index (χ0n) is 10.00. The maximum Gasteiger partial charge on any atom is 0.250 e. The molecule has 0 aliphatic carbocycles. The SMILES string of the molecule is O=C1CC(N2C(=O)[C@@H]3[C@H](C2=O)[C@H]2CC[C@@H]3O2)C(=O)N1. The van der Waals surface area contributed by atoms with Crippen LogP contribution in [0.4, 0.5) is 0 Å². The Hall–Kier alpha value is -1.76. The molecule has 1 N–H and O–H groups in total. The number of fused-ring (bicyclic) bond motifs is 5. The molecule has 4 saturated heterocycles. The van der Waals surface area contributed by atoms with Crippen molar-refractivity contribution in [3.05, 3.63) is 0 Å². The molecule has 0 aromatic carbocycles. The molecule has 7 nitrogen and oxygen atoms in total. The number of imide groups is 2. The summed E-state index contributed by atoms with van der Waals surface area (Å²) >= 11 is 0. The molecular weight excluding hydrogens is 252 g/mol. The molecule has 4 aliphatic rings. The lowest BCUT2D eigenvalue weighted by Crippen LogP contribution is -2.46. The first kappa shape index (κ1) is 11.1. The molecule has 100 valence electrons. The number of rotatable bonds is 1. The molecule has 19 heavy (non-hydrogen) atoms. The van der Waals surface area contributed by atoms with Crippen LogP contribution in [0.5, 0.6) is 0 Å². The van der Waals surface area contributed by atoms with Crippen molar-refractivity contribution < 1.29 is 23.9 Å². The summed E-state index contributed by atoms with van der Waals surface area (Å²) in [6.45, 7) is 0.